The number of nitrogens with zero attached hydrogens (tertiary/aromatic N) is 1. The smallest absolute Gasteiger partial charge is 0.341 e. The molecule has 2 fully saturated rings. The van der Waals surface area contributed by atoms with Crippen LogP contribution in [0.25, 0.3) is 6.08 Å². The number of ether oxygens (including phenoxy) is 1. The van der Waals surface area contributed by atoms with Gasteiger partial charge in [-0.1, -0.05) is 18.2 Å². The molecule has 2 aromatic carbocycles. The van der Waals surface area contributed by atoms with Gasteiger partial charge in [-0.2, -0.15) is 0 Å². The van der Waals surface area contributed by atoms with Crippen molar-refractivity contribution in [2.24, 2.45) is 5.92 Å². The molecule has 0 aromatic heterocycles. The Balaban J connectivity index is 1.48. The van der Waals surface area contributed by atoms with Crippen molar-refractivity contribution < 1.29 is 27.4 Å². The summed E-state index contributed by atoms with van der Waals surface area (Å²) >= 11 is 0. The lowest BCUT2D eigenvalue weighted by Gasteiger charge is -2.29. The molecule has 168 valence electrons. The van der Waals surface area contributed by atoms with Crippen LogP contribution in [0, 0.1) is 11.7 Å². The number of anilines is 1. The summed E-state index contributed by atoms with van der Waals surface area (Å²) in [7, 11) is -4.19. The molecule has 0 unspecified atom stereocenters. The average Bonchev–Trinajstić information content (AvgIpc) is 3.49. The third-order valence-corrected chi connectivity index (χ3v) is 7.72. The number of benzene rings is 2. The fourth-order valence-corrected chi connectivity index (χ4v) is 5.59. The second kappa shape index (κ2) is 7.90. The van der Waals surface area contributed by atoms with Gasteiger partial charge >= 0.3 is 5.97 Å². The summed E-state index contributed by atoms with van der Waals surface area (Å²) in [4.78, 5) is 14.1. The number of rotatable bonds is 7. The zero-order chi connectivity index (χ0) is 22.5. The van der Waals surface area contributed by atoms with E-state index in [2.05, 4.69) is 9.62 Å². The Morgan fingerprint density at radius 2 is 2.09 bits per heavy atom. The molecule has 0 amide bonds. The zero-order valence-electron chi connectivity index (χ0n) is 17.3. The first-order valence-electron chi connectivity index (χ1n) is 10.6. The molecule has 2 atom stereocenters. The van der Waals surface area contributed by atoms with Gasteiger partial charge in [-0.15, -0.1) is 0 Å². The van der Waals surface area contributed by atoms with Gasteiger partial charge in [0, 0.05) is 12.5 Å². The molecule has 0 radical (unpaired) electrons. The van der Waals surface area contributed by atoms with Gasteiger partial charge in [0.15, 0.2) is 0 Å². The normalized spacial score (nSPS) is 21.9. The van der Waals surface area contributed by atoms with E-state index in [1.165, 1.54) is 12.1 Å². The van der Waals surface area contributed by atoms with Crippen molar-refractivity contribution in [1.82, 2.24) is 4.90 Å². The molecule has 2 heterocycles. The van der Waals surface area contributed by atoms with Crippen LogP contribution in [0.15, 0.2) is 41.3 Å². The summed E-state index contributed by atoms with van der Waals surface area (Å²) in [6, 6.07) is 6.60. The van der Waals surface area contributed by atoms with Gasteiger partial charge < -0.3 is 9.84 Å². The number of hydrogen-bond acceptors (Lipinski definition) is 5. The second-order valence-electron chi connectivity index (χ2n) is 8.47. The monoisotopic (exact) mass is 458 g/mol. The van der Waals surface area contributed by atoms with Crippen LogP contribution in [0.5, 0.6) is 5.75 Å². The predicted octanol–water partition coefficient (Wildman–Crippen LogP) is 3.54. The maximum Gasteiger partial charge on any atom is 0.341 e. The minimum absolute atomic E-state index is 0.0739. The van der Waals surface area contributed by atoms with Crippen molar-refractivity contribution in [3.8, 4) is 5.75 Å². The first-order chi connectivity index (χ1) is 15.3. The number of sulfonamides is 1. The van der Waals surface area contributed by atoms with Gasteiger partial charge in [0.25, 0.3) is 10.0 Å². The number of aromatic carboxylic acids is 1. The number of likely N-dealkylation sites (tertiary alicyclic amines) is 1. The molecule has 0 bridgehead atoms. The van der Waals surface area contributed by atoms with E-state index in [1.54, 1.807) is 18.2 Å². The number of carboxylic acid groups (broad SMARTS) is 1. The topological polar surface area (TPSA) is 95.9 Å². The Labute approximate surface area is 185 Å². The summed E-state index contributed by atoms with van der Waals surface area (Å²) in [5.41, 5.74) is 0.728. The molecule has 9 heteroatoms. The first-order valence-corrected chi connectivity index (χ1v) is 12.1. The molecule has 7 nitrogen and oxygen atoms in total. The molecule has 3 aliphatic rings. The van der Waals surface area contributed by atoms with Gasteiger partial charge in [0.05, 0.1) is 17.2 Å². The van der Waals surface area contributed by atoms with Crippen LogP contribution in [0.3, 0.4) is 0 Å². The van der Waals surface area contributed by atoms with Crippen LogP contribution in [0.4, 0.5) is 10.1 Å². The number of nitrogens with one attached hydrogen (secondary N) is 1. The lowest BCUT2D eigenvalue weighted by atomic mass is 10.0. The van der Waals surface area contributed by atoms with E-state index in [0.29, 0.717) is 19.1 Å². The number of carboxylic acids is 1. The molecular formula is C23H23FN2O5S. The fraction of sp³-hybridized carbons (Fsp3) is 0.348. The largest absolute Gasteiger partial charge is 0.492 e. The predicted molar refractivity (Wildman–Crippen MR) is 117 cm³/mol. The molecule has 32 heavy (non-hydrogen) atoms. The van der Waals surface area contributed by atoms with Crippen molar-refractivity contribution in [1.29, 1.82) is 0 Å². The Morgan fingerprint density at radius 1 is 1.28 bits per heavy atom. The highest BCUT2D eigenvalue weighted by Gasteiger charge is 2.45. The highest BCUT2D eigenvalue weighted by atomic mass is 32.2. The molecule has 2 aliphatic heterocycles. The van der Waals surface area contributed by atoms with Crippen LogP contribution in [-0.2, 0) is 10.0 Å². The number of halogens is 1. The third-order valence-electron chi connectivity index (χ3n) is 6.28. The van der Waals surface area contributed by atoms with E-state index in [-0.39, 0.29) is 33.4 Å². The highest BCUT2D eigenvalue weighted by molar-refractivity contribution is 7.92. The van der Waals surface area contributed by atoms with E-state index in [1.807, 2.05) is 0 Å². The fourth-order valence-electron chi connectivity index (χ4n) is 4.33. The van der Waals surface area contributed by atoms with Crippen molar-refractivity contribution in [3.05, 3.63) is 58.9 Å². The number of fused-ring (bicyclic) bond motifs is 3. The van der Waals surface area contributed by atoms with E-state index in [4.69, 9.17) is 4.74 Å². The van der Waals surface area contributed by atoms with E-state index >= 15 is 0 Å². The minimum atomic E-state index is -4.19. The summed E-state index contributed by atoms with van der Waals surface area (Å²) < 4.78 is 48.3. The molecule has 1 saturated carbocycles. The third kappa shape index (κ3) is 3.86. The van der Waals surface area contributed by atoms with Crippen molar-refractivity contribution >= 4 is 27.8 Å². The minimum Gasteiger partial charge on any atom is -0.492 e. The van der Waals surface area contributed by atoms with Gasteiger partial charge in [0.2, 0.25) is 0 Å². The van der Waals surface area contributed by atoms with Crippen LogP contribution >= 0.6 is 0 Å². The maximum atomic E-state index is 13.9. The van der Waals surface area contributed by atoms with Crippen LogP contribution in [0.1, 0.15) is 40.2 Å². The molecule has 5 rings (SSSR count). The molecule has 1 saturated heterocycles. The molecule has 2 N–H and O–H groups in total. The van der Waals surface area contributed by atoms with E-state index in [0.717, 1.165) is 43.6 Å². The van der Waals surface area contributed by atoms with Crippen LogP contribution < -0.4 is 9.46 Å². The van der Waals surface area contributed by atoms with Crippen LogP contribution in [-0.4, -0.2) is 50.6 Å². The molecule has 0 spiro atoms. The Hall–Kier alpha value is -2.91. The van der Waals surface area contributed by atoms with E-state index in [9.17, 15) is 22.7 Å². The summed E-state index contributed by atoms with van der Waals surface area (Å²) in [6.45, 7) is 3.05. The van der Waals surface area contributed by atoms with Gasteiger partial charge in [-0.3, -0.25) is 9.62 Å². The van der Waals surface area contributed by atoms with Crippen molar-refractivity contribution in [2.45, 2.75) is 23.7 Å². The van der Waals surface area contributed by atoms with Gasteiger partial charge in [-0.25, -0.2) is 17.6 Å². The molecular weight excluding hydrogens is 435 g/mol. The quantitative estimate of drug-likeness (QED) is 0.659. The Morgan fingerprint density at radius 3 is 2.81 bits per heavy atom. The average molecular weight is 459 g/mol. The second-order valence-corrected chi connectivity index (χ2v) is 10.1. The summed E-state index contributed by atoms with van der Waals surface area (Å²) in [5.74, 6) is -0.933. The number of carbonyl (C=O) groups is 1. The van der Waals surface area contributed by atoms with Crippen molar-refractivity contribution in [2.75, 3.05) is 31.0 Å². The highest BCUT2D eigenvalue weighted by Crippen LogP contribution is 2.55. The Kier molecular flexibility index (Phi) is 5.17. The SMILES string of the molecule is O=C(O)c1c(NS(=O)(=O)c2ccc(F)cc2/C=C\CN2CCC2)ccc2c1OC[C@@H]1C[C@H]21. The van der Waals surface area contributed by atoms with E-state index < -0.39 is 21.8 Å². The summed E-state index contributed by atoms with van der Waals surface area (Å²) in [6.07, 6.45) is 5.46. The molecule has 2 aromatic rings. The van der Waals surface area contributed by atoms with Gasteiger partial charge in [0.1, 0.15) is 17.1 Å². The maximum absolute atomic E-state index is 13.9. The number of hydrogen-bond donors (Lipinski definition) is 2. The first kappa shape index (κ1) is 21.0. The lowest BCUT2D eigenvalue weighted by Crippen LogP contribution is -2.36. The summed E-state index contributed by atoms with van der Waals surface area (Å²) in [5, 5.41) is 9.80. The van der Waals surface area contributed by atoms with Gasteiger partial charge in [-0.05, 0) is 67.2 Å². The standard InChI is InChI=1S/C23H23FN2O5S/c24-16-4-7-20(14(11-16)3-1-8-26-9-2-10-26)32(29,30)25-19-6-5-17-18-12-15(18)13-31-22(17)21(19)23(27)28/h1,3-7,11,15,18,25H,2,8-10,12-13H2,(H,27,28)/b3-1-/t15-,18-/m0/s1. The van der Waals surface area contributed by atoms with Crippen molar-refractivity contribution in [3.63, 3.8) is 0 Å². The lowest BCUT2D eigenvalue weighted by molar-refractivity contribution is 0.0692. The Bertz CT molecular complexity index is 1220. The zero-order valence-corrected chi connectivity index (χ0v) is 18.1. The van der Waals surface area contributed by atoms with Crippen LogP contribution in [0.2, 0.25) is 0 Å². The molecule has 1 aliphatic carbocycles.